The number of amides is 2. The van der Waals surface area contributed by atoms with Gasteiger partial charge in [0.2, 0.25) is 5.91 Å². The molecule has 5 nitrogen and oxygen atoms in total. The summed E-state index contributed by atoms with van der Waals surface area (Å²) in [5.74, 6) is 0.382. The van der Waals surface area contributed by atoms with E-state index in [2.05, 4.69) is 5.32 Å². The van der Waals surface area contributed by atoms with Gasteiger partial charge in [0.15, 0.2) is 0 Å². The highest BCUT2D eigenvalue weighted by Gasteiger charge is 2.32. The fraction of sp³-hybridized carbons (Fsp3) is 0.190. The van der Waals surface area contributed by atoms with Gasteiger partial charge in [0, 0.05) is 18.7 Å². The average Bonchev–Trinajstić information content (AvgIpc) is 2.95. The second kappa shape index (κ2) is 9.03. The third kappa shape index (κ3) is 4.99. The Bertz CT molecular complexity index is 939. The van der Waals surface area contributed by atoms with Crippen LogP contribution in [0.15, 0.2) is 53.4 Å². The number of methoxy groups -OCH3 is 1. The van der Waals surface area contributed by atoms with E-state index in [1.165, 1.54) is 16.7 Å². The summed E-state index contributed by atoms with van der Waals surface area (Å²) in [6.45, 7) is 2.23. The van der Waals surface area contributed by atoms with Crippen molar-refractivity contribution in [3.05, 3.63) is 64.6 Å². The summed E-state index contributed by atoms with van der Waals surface area (Å²) in [6, 6.07) is 15.0. The molecule has 144 valence electrons. The number of carbonyl (C=O) groups excluding carboxylic acids is 2. The van der Waals surface area contributed by atoms with Gasteiger partial charge in [-0.3, -0.25) is 14.5 Å². The molecule has 0 spiro atoms. The van der Waals surface area contributed by atoms with E-state index >= 15 is 0 Å². The van der Waals surface area contributed by atoms with Crippen LogP contribution in [0.1, 0.15) is 17.5 Å². The Balaban J connectivity index is 1.61. The van der Waals surface area contributed by atoms with E-state index in [1.807, 2.05) is 55.5 Å². The van der Waals surface area contributed by atoms with Crippen LogP contribution in [0, 0.1) is 6.92 Å². The highest BCUT2D eigenvalue weighted by molar-refractivity contribution is 8.26. The molecule has 3 rings (SSSR count). The number of thioether (sulfide) groups is 1. The number of anilines is 1. The first-order valence-corrected chi connectivity index (χ1v) is 9.94. The lowest BCUT2D eigenvalue weighted by molar-refractivity contribution is -0.122. The summed E-state index contributed by atoms with van der Waals surface area (Å²) in [7, 11) is 1.60. The summed E-state index contributed by atoms with van der Waals surface area (Å²) in [5.41, 5.74) is 2.72. The Morgan fingerprint density at radius 3 is 2.71 bits per heavy atom. The maximum absolute atomic E-state index is 12.7. The molecule has 2 aromatic rings. The Kier molecular flexibility index (Phi) is 6.49. The van der Waals surface area contributed by atoms with Crippen molar-refractivity contribution in [1.82, 2.24) is 4.90 Å². The predicted octanol–water partition coefficient (Wildman–Crippen LogP) is 4.23. The van der Waals surface area contributed by atoms with Gasteiger partial charge < -0.3 is 10.1 Å². The molecule has 1 heterocycles. The van der Waals surface area contributed by atoms with Gasteiger partial charge >= 0.3 is 0 Å². The molecule has 2 amide bonds. The SMILES string of the molecule is COc1cccc(/C=C2\SC(=S)N(CCC(=O)Nc3ccc(C)cc3)C2=O)c1. The summed E-state index contributed by atoms with van der Waals surface area (Å²) in [6.07, 6.45) is 1.96. The van der Waals surface area contributed by atoms with Gasteiger partial charge in [0.05, 0.1) is 12.0 Å². The van der Waals surface area contributed by atoms with Crippen LogP contribution in [0.4, 0.5) is 5.69 Å². The standard InChI is InChI=1S/C21H20N2O3S2/c1-14-6-8-16(9-7-14)22-19(24)10-11-23-20(25)18(28-21(23)27)13-15-4-3-5-17(12-15)26-2/h3-9,12-13H,10-11H2,1-2H3,(H,22,24)/b18-13-. The largest absolute Gasteiger partial charge is 0.497 e. The van der Waals surface area contributed by atoms with Crippen LogP contribution < -0.4 is 10.1 Å². The van der Waals surface area contributed by atoms with Gasteiger partial charge in [-0.15, -0.1) is 0 Å². The average molecular weight is 413 g/mol. The smallest absolute Gasteiger partial charge is 0.266 e. The van der Waals surface area contributed by atoms with E-state index in [0.29, 0.717) is 9.23 Å². The molecule has 0 aliphatic carbocycles. The van der Waals surface area contributed by atoms with Crippen molar-refractivity contribution >= 4 is 51.9 Å². The van der Waals surface area contributed by atoms with Crippen LogP contribution in [-0.2, 0) is 9.59 Å². The van der Waals surface area contributed by atoms with Crippen LogP contribution in [0.5, 0.6) is 5.75 Å². The number of thiocarbonyl (C=S) groups is 1. The molecule has 28 heavy (non-hydrogen) atoms. The summed E-state index contributed by atoms with van der Waals surface area (Å²) >= 11 is 6.57. The Morgan fingerprint density at radius 1 is 1.25 bits per heavy atom. The van der Waals surface area contributed by atoms with Crippen LogP contribution in [-0.4, -0.2) is 34.7 Å². The zero-order chi connectivity index (χ0) is 20.1. The number of nitrogens with zero attached hydrogens (tertiary/aromatic N) is 1. The molecule has 0 unspecified atom stereocenters. The van der Waals surface area contributed by atoms with Gasteiger partial charge in [0.25, 0.3) is 5.91 Å². The molecule has 1 N–H and O–H groups in total. The Morgan fingerprint density at radius 2 is 2.00 bits per heavy atom. The van der Waals surface area contributed by atoms with E-state index in [9.17, 15) is 9.59 Å². The van der Waals surface area contributed by atoms with Crippen LogP contribution in [0.3, 0.4) is 0 Å². The predicted molar refractivity (Wildman–Crippen MR) is 117 cm³/mol. The van der Waals surface area contributed by atoms with Crippen molar-refractivity contribution in [3.63, 3.8) is 0 Å². The first-order chi connectivity index (χ1) is 13.5. The van der Waals surface area contributed by atoms with Crippen LogP contribution >= 0.6 is 24.0 Å². The highest BCUT2D eigenvalue weighted by atomic mass is 32.2. The molecule has 1 aliphatic rings. The molecule has 0 aromatic heterocycles. The number of hydrogen-bond donors (Lipinski definition) is 1. The van der Waals surface area contributed by atoms with E-state index in [1.54, 1.807) is 13.2 Å². The van der Waals surface area contributed by atoms with Crippen molar-refractivity contribution < 1.29 is 14.3 Å². The van der Waals surface area contributed by atoms with Gasteiger partial charge in [-0.2, -0.15) is 0 Å². The number of rotatable bonds is 6. The van der Waals surface area contributed by atoms with Crippen molar-refractivity contribution in [2.24, 2.45) is 0 Å². The first-order valence-electron chi connectivity index (χ1n) is 8.72. The molecule has 0 saturated carbocycles. The van der Waals surface area contributed by atoms with Gasteiger partial charge in [-0.25, -0.2) is 0 Å². The fourth-order valence-corrected chi connectivity index (χ4v) is 3.96. The molecule has 2 aromatic carbocycles. The lowest BCUT2D eigenvalue weighted by Crippen LogP contribution is -2.31. The lowest BCUT2D eigenvalue weighted by atomic mass is 10.2. The number of benzene rings is 2. The number of carbonyl (C=O) groups is 2. The Labute approximate surface area is 173 Å². The topological polar surface area (TPSA) is 58.6 Å². The lowest BCUT2D eigenvalue weighted by Gasteiger charge is -2.14. The normalized spacial score (nSPS) is 15.2. The maximum atomic E-state index is 12.7. The second-order valence-corrected chi connectivity index (χ2v) is 7.95. The summed E-state index contributed by atoms with van der Waals surface area (Å²) < 4.78 is 5.67. The number of aryl methyl sites for hydroxylation is 1. The molecular formula is C21H20N2O3S2. The Hall–Kier alpha value is -2.64. The van der Waals surface area contributed by atoms with Crippen LogP contribution in [0.25, 0.3) is 6.08 Å². The molecule has 7 heteroatoms. The van der Waals surface area contributed by atoms with Gasteiger partial charge in [-0.1, -0.05) is 53.8 Å². The molecule has 1 aliphatic heterocycles. The highest BCUT2D eigenvalue weighted by Crippen LogP contribution is 2.33. The monoisotopic (exact) mass is 412 g/mol. The molecule has 1 fully saturated rings. The minimum Gasteiger partial charge on any atom is -0.497 e. The van der Waals surface area contributed by atoms with Crippen LogP contribution in [0.2, 0.25) is 0 Å². The zero-order valence-corrected chi connectivity index (χ0v) is 17.2. The minimum absolute atomic E-state index is 0.158. The molecule has 1 saturated heterocycles. The van der Waals surface area contributed by atoms with Crippen molar-refractivity contribution in [2.45, 2.75) is 13.3 Å². The molecule has 0 atom stereocenters. The summed E-state index contributed by atoms with van der Waals surface area (Å²) in [4.78, 5) is 26.9. The van der Waals surface area contributed by atoms with Gasteiger partial charge in [0.1, 0.15) is 10.1 Å². The van der Waals surface area contributed by atoms with Gasteiger partial charge in [-0.05, 0) is 42.8 Å². The third-order valence-corrected chi connectivity index (χ3v) is 5.54. The number of nitrogens with one attached hydrogen (secondary N) is 1. The van der Waals surface area contributed by atoms with Crippen molar-refractivity contribution in [2.75, 3.05) is 19.0 Å². The third-order valence-electron chi connectivity index (χ3n) is 4.16. The molecule has 0 radical (unpaired) electrons. The second-order valence-electron chi connectivity index (χ2n) is 6.27. The quantitative estimate of drug-likeness (QED) is 0.568. The number of ether oxygens (including phenoxy) is 1. The fourth-order valence-electron chi connectivity index (χ4n) is 2.65. The van der Waals surface area contributed by atoms with E-state index in [4.69, 9.17) is 17.0 Å². The molecule has 0 bridgehead atoms. The van der Waals surface area contributed by atoms with E-state index in [0.717, 1.165) is 22.6 Å². The molecular weight excluding hydrogens is 392 g/mol. The van der Waals surface area contributed by atoms with E-state index < -0.39 is 0 Å². The zero-order valence-electron chi connectivity index (χ0n) is 15.6. The minimum atomic E-state index is -0.180. The first kappa shape index (κ1) is 20.1. The van der Waals surface area contributed by atoms with Crippen molar-refractivity contribution in [3.8, 4) is 5.75 Å². The van der Waals surface area contributed by atoms with Crippen molar-refractivity contribution in [1.29, 1.82) is 0 Å². The van der Waals surface area contributed by atoms with E-state index in [-0.39, 0.29) is 24.8 Å². The summed E-state index contributed by atoms with van der Waals surface area (Å²) in [5, 5.41) is 2.83. The number of hydrogen-bond acceptors (Lipinski definition) is 5. The maximum Gasteiger partial charge on any atom is 0.266 e.